The van der Waals surface area contributed by atoms with Crippen molar-refractivity contribution in [3.8, 4) is 5.75 Å². The fourth-order valence-electron chi connectivity index (χ4n) is 2.88. The Bertz CT molecular complexity index is 954. The lowest BCUT2D eigenvalue weighted by Crippen LogP contribution is -2.41. The van der Waals surface area contributed by atoms with Crippen molar-refractivity contribution in [2.75, 3.05) is 38.7 Å². The first-order valence-corrected chi connectivity index (χ1v) is 9.33. The number of morpholine rings is 1. The fourth-order valence-corrected chi connectivity index (χ4v) is 2.88. The highest BCUT2D eigenvalue weighted by Crippen LogP contribution is 2.18. The summed E-state index contributed by atoms with van der Waals surface area (Å²) in [6.45, 7) is 1.87. The zero-order valence-electron chi connectivity index (χ0n) is 16.5. The Morgan fingerprint density at radius 1 is 1.03 bits per heavy atom. The number of hydrazone groups is 1. The van der Waals surface area contributed by atoms with Gasteiger partial charge in [-0.3, -0.25) is 14.4 Å². The molecule has 2 aromatic carbocycles. The first kappa shape index (κ1) is 21.0. The molecule has 0 bridgehead atoms. The molecule has 0 unspecified atom stereocenters. The van der Waals surface area contributed by atoms with Crippen LogP contribution >= 0.6 is 0 Å². The van der Waals surface area contributed by atoms with Crippen LogP contribution in [0.5, 0.6) is 5.75 Å². The van der Waals surface area contributed by atoms with E-state index in [0.29, 0.717) is 43.2 Å². The van der Waals surface area contributed by atoms with Crippen LogP contribution in [0, 0.1) is 0 Å². The Morgan fingerprint density at radius 2 is 1.73 bits per heavy atom. The van der Waals surface area contributed by atoms with Gasteiger partial charge >= 0.3 is 11.8 Å². The number of amides is 3. The molecule has 1 saturated heterocycles. The van der Waals surface area contributed by atoms with E-state index in [1.54, 1.807) is 53.4 Å². The fraction of sp³-hybridized carbons (Fsp3) is 0.238. The number of hydrogen-bond donors (Lipinski definition) is 2. The molecular weight excluding hydrogens is 388 g/mol. The van der Waals surface area contributed by atoms with Crippen LogP contribution in [0.15, 0.2) is 53.6 Å². The summed E-state index contributed by atoms with van der Waals surface area (Å²) >= 11 is 0. The molecule has 1 aliphatic rings. The molecule has 0 radical (unpaired) electrons. The zero-order chi connectivity index (χ0) is 21.3. The Kier molecular flexibility index (Phi) is 7.12. The molecular formula is C21H22N4O5. The average molecular weight is 410 g/mol. The number of carbonyl (C=O) groups excluding carboxylic acids is 3. The van der Waals surface area contributed by atoms with Crippen molar-refractivity contribution in [2.45, 2.75) is 0 Å². The molecule has 9 nitrogen and oxygen atoms in total. The van der Waals surface area contributed by atoms with E-state index in [0.717, 1.165) is 0 Å². The first-order valence-electron chi connectivity index (χ1n) is 9.33. The van der Waals surface area contributed by atoms with Crippen molar-refractivity contribution in [1.29, 1.82) is 0 Å². The normalized spacial score (nSPS) is 13.7. The molecule has 2 N–H and O–H groups in total. The van der Waals surface area contributed by atoms with E-state index in [1.165, 1.54) is 13.3 Å². The Morgan fingerprint density at radius 3 is 2.50 bits per heavy atom. The maximum Gasteiger partial charge on any atom is 0.329 e. The second kappa shape index (κ2) is 10.2. The van der Waals surface area contributed by atoms with Crippen LogP contribution in [-0.4, -0.2) is 62.2 Å². The molecule has 3 rings (SSSR count). The molecule has 156 valence electrons. The molecule has 30 heavy (non-hydrogen) atoms. The van der Waals surface area contributed by atoms with Crippen molar-refractivity contribution in [1.82, 2.24) is 10.3 Å². The van der Waals surface area contributed by atoms with Crippen molar-refractivity contribution in [3.05, 3.63) is 59.7 Å². The molecule has 1 fully saturated rings. The summed E-state index contributed by atoms with van der Waals surface area (Å²) in [5, 5.41) is 6.26. The third-order valence-electron chi connectivity index (χ3n) is 4.42. The summed E-state index contributed by atoms with van der Waals surface area (Å²) < 4.78 is 10.4. The largest absolute Gasteiger partial charge is 0.496 e. The predicted molar refractivity (Wildman–Crippen MR) is 111 cm³/mol. The molecule has 1 aliphatic heterocycles. The van der Waals surface area contributed by atoms with E-state index in [2.05, 4.69) is 15.8 Å². The second-order valence-electron chi connectivity index (χ2n) is 6.35. The van der Waals surface area contributed by atoms with Gasteiger partial charge in [0, 0.05) is 18.7 Å². The van der Waals surface area contributed by atoms with Gasteiger partial charge in [0.05, 0.1) is 37.8 Å². The Labute approximate surface area is 173 Å². The van der Waals surface area contributed by atoms with Crippen LogP contribution in [0.1, 0.15) is 15.9 Å². The number of ether oxygens (including phenoxy) is 2. The van der Waals surface area contributed by atoms with Crippen LogP contribution < -0.4 is 15.5 Å². The van der Waals surface area contributed by atoms with Gasteiger partial charge in [-0.05, 0) is 24.3 Å². The molecule has 0 aliphatic carbocycles. The van der Waals surface area contributed by atoms with Crippen LogP contribution in [0.25, 0.3) is 0 Å². The first-order chi connectivity index (χ1) is 14.6. The zero-order valence-corrected chi connectivity index (χ0v) is 16.5. The summed E-state index contributed by atoms with van der Waals surface area (Å²) in [4.78, 5) is 38.7. The van der Waals surface area contributed by atoms with Crippen LogP contribution in [0.4, 0.5) is 5.69 Å². The maximum absolute atomic E-state index is 12.7. The topological polar surface area (TPSA) is 109 Å². The smallest absolute Gasteiger partial charge is 0.329 e. The highest BCUT2D eigenvalue weighted by atomic mass is 16.5. The summed E-state index contributed by atoms with van der Waals surface area (Å²) in [6.07, 6.45) is 1.37. The minimum absolute atomic E-state index is 0.233. The Hall–Kier alpha value is -3.72. The number of nitrogens with one attached hydrogen (secondary N) is 2. The SMILES string of the molecule is COc1ccccc1/C=N\NC(=O)C(=O)Nc1ccccc1C(=O)N1CCOCC1. The minimum Gasteiger partial charge on any atom is -0.496 e. The van der Waals surface area contributed by atoms with Gasteiger partial charge in [0.15, 0.2) is 0 Å². The molecule has 2 aromatic rings. The predicted octanol–water partition coefficient (Wildman–Crippen LogP) is 1.26. The summed E-state index contributed by atoms with van der Waals surface area (Å²) in [6, 6.07) is 13.6. The standard InChI is InChI=1S/C21H22N4O5/c1-29-18-9-5-2-6-15(18)14-22-24-20(27)19(26)23-17-8-4-3-7-16(17)21(28)25-10-12-30-13-11-25/h2-9,14H,10-13H2,1H3,(H,23,26)(H,24,27)/b22-14-. The molecule has 9 heteroatoms. The van der Waals surface area contributed by atoms with Crippen LogP contribution in [0.3, 0.4) is 0 Å². The molecule has 1 heterocycles. The monoisotopic (exact) mass is 410 g/mol. The van der Waals surface area contributed by atoms with Gasteiger partial charge in [-0.1, -0.05) is 24.3 Å². The lowest BCUT2D eigenvalue weighted by atomic mass is 10.1. The third kappa shape index (κ3) is 5.21. The Balaban J connectivity index is 1.63. The number of nitrogens with zero attached hydrogens (tertiary/aromatic N) is 2. The number of para-hydroxylation sites is 2. The van der Waals surface area contributed by atoms with Gasteiger partial charge in [0.2, 0.25) is 0 Å². The molecule has 3 amide bonds. The van der Waals surface area contributed by atoms with Crippen molar-refractivity contribution < 1.29 is 23.9 Å². The lowest BCUT2D eigenvalue weighted by molar-refractivity contribution is -0.136. The van der Waals surface area contributed by atoms with Gasteiger partial charge in [-0.25, -0.2) is 5.43 Å². The van der Waals surface area contributed by atoms with Crippen molar-refractivity contribution in [2.24, 2.45) is 5.10 Å². The van der Waals surface area contributed by atoms with Crippen LogP contribution in [-0.2, 0) is 14.3 Å². The van der Waals surface area contributed by atoms with E-state index in [1.807, 2.05) is 0 Å². The van der Waals surface area contributed by atoms with Crippen LogP contribution in [0.2, 0.25) is 0 Å². The highest BCUT2D eigenvalue weighted by Gasteiger charge is 2.22. The average Bonchev–Trinajstić information content (AvgIpc) is 2.79. The van der Waals surface area contributed by atoms with E-state index >= 15 is 0 Å². The number of hydrogen-bond acceptors (Lipinski definition) is 6. The second-order valence-corrected chi connectivity index (χ2v) is 6.35. The summed E-state index contributed by atoms with van der Waals surface area (Å²) in [5.41, 5.74) is 3.36. The van der Waals surface area contributed by atoms with E-state index in [-0.39, 0.29) is 11.6 Å². The number of rotatable bonds is 5. The maximum atomic E-state index is 12.7. The van der Waals surface area contributed by atoms with Gasteiger partial charge in [-0.2, -0.15) is 5.10 Å². The number of anilines is 1. The highest BCUT2D eigenvalue weighted by molar-refractivity contribution is 6.40. The number of benzene rings is 2. The summed E-state index contributed by atoms with van der Waals surface area (Å²) in [7, 11) is 1.52. The number of carbonyl (C=O) groups is 3. The molecule has 0 saturated carbocycles. The van der Waals surface area contributed by atoms with E-state index in [4.69, 9.17) is 9.47 Å². The van der Waals surface area contributed by atoms with Gasteiger partial charge in [-0.15, -0.1) is 0 Å². The number of methoxy groups -OCH3 is 1. The van der Waals surface area contributed by atoms with E-state index in [9.17, 15) is 14.4 Å². The van der Waals surface area contributed by atoms with E-state index < -0.39 is 11.8 Å². The minimum atomic E-state index is -0.963. The van der Waals surface area contributed by atoms with Gasteiger partial charge in [0.25, 0.3) is 5.91 Å². The van der Waals surface area contributed by atoms with Gasteiger partial charge in [0.1, 0.15) is 5.75 Å². The lowest BCUT2D eigenvalue weighted by Gasteiger charge is -2.27. The summed E-state index contributed by atoms with van der Waals surface area (Å²) in [5.74, 6) is -1.55. The molecule has 0 spiro atoms. The van der Waals surface area contributed by atoms with Crippen molar-refractivity contribution >= 4 is 29.6 Å². The van der Waals surface area contributed by atoms with Gasteiger partial charge < -0.3 is 19.7 Å². The molecule has 0 aromatic heterocycles. The quantitative estimate of drug-likeness (QED) is 0.438. The molecule has 0 atom stereocenters. The van der Waals surface area contributed by atoms with Crippen molar-refractivity contribution in [3.63, 3.8) is 0 Å². The third-order valence-corrected chi connectivity index (χ3v) is 4.42.